The van der Waals surface area contributed by atoms with Crippen LogP contribution in [0.2, 0.25) is 5.15 Å². The highest BCUT2D eigenvalue weighted by atomic mass is 79.9. The molecule has 0 radical (unpaired) electrons. The molecule has 88 valence electrons. The largest absolute Gasteiger partial charge is 0.248 e. The first kappa shape index (κ1) is 13.1. The molecule has 0 bridgehead atoms. The average molecular weight is 349 g/mol. The van der Waals surface area contributed by atoms with Crippen molar-refractivity contribution in [1.82, 2.24) is 15.0 Å². The molecule has 0 N–H and O–H groups in total. The van der Waals surface area contributed by atoms with Crippen molar-refractivity contribution >= 4 is 51.1 Å². The van der Waals surface area contributed by atoms with Gasteiger partial charge < -0.3 is 0 Å². The predicted octanol–water partition coefficient (Wildman–Crippen LogP) is 4.16. The van der Waals surface area contributed by atoms with Gasteiger partial charge in [-0.25, -0.2) is 15.0 Å². The Morgan fingerprint density at radius 2 is 2.06 bits per heavy atom. The molecule has 2 heterocycles. The van der Waals surface area contributed by atoms with Gasteiger partial charge in [0.25, 0.3) is 0 Å². The van der Waals surface area contributed by atoms with Crippen LogP contribution in [0.3, 0.4) is 0 Å². The third-order valence-corrected chi connectivity index (χ3v) is 3.82. The molecular weight excluding hydrogens is 342 g/mol. The van der Waals surface area contributed by atoms with Crippen molar-refractivity contribution < 1.29 is 0 Å². The van der Waals surface area contributed by atoms with Crippen LogP contribution in [-0.2, 0) is 0 Å². The van der Waals surface area contributed by atoms with Crippen LogP contribution in [0.25, 0.3) is 0 Å². The number of halogens is 2. The summed E-state index contributed by atoms with van der Waals surface area (Å²) in [6, 6.07) is 5.59. The van der Waals surface area contributed by atoms with Gasteiger partial charge in [0.1, 0.15) is 15.2 Å². The van der Waals surface area contributed by atoms with Gasteiger partial charge in [0.05, 0.1) is 0 Å². The normalized spacial score (nSPS) is 10.5. The van der Waals surface area contributed by atoms with E-state index in [-0.39, 0.29) is 0 Å². The Morgan fingerprint density at radius 1 is 1.24 bits per heavy atom. The number of rotatable bonds is 3. The average Bonchev–Trinajstić information content (AvgIpc) is 2.31. The molecule has 0 aliphatic heterocycles. The molecule has 7 heteroatoms. The first-order chi connectivity index (χ1) is 8.17. The van der Waals surface area contributed by atoms with Crippen LogP contribution in [0.1, 0.15) is 0 Å². The zero-order valence-corrected chi connectivity index (χ0v) is 12.7. The quantitative estimate of drug-likeness (QED) is 0.473. The molecule has 0 aromatic carbocycles. The predicted molar refractivity (Wildman–Crippen MR) is 74.9 cm³/mol. The van der Waals surface area contributed by atoms with Crippen LogP contribution in [-0.4, -0.2) is 21.2 Å². The summed E-state index contributed by atoms with van der Waals surface area (Å²) in [7, 11) is 0. The molecule has 2 aromatic heterocycles. The SMILES string of the molecule is CSc1nc(Cl)cc(Sc2ccc(Br)cn2)n1. The standard InChI is InChI=1S/C10H7BrClN3S2/c1-16-10-14-7(12)4-9(15-10)17-8-3-2-6(11)5-13-8/h2-5H,1H3. The first-order valence-corrected chi connectivity index (χ1v) is 7.76. The van der Waals surface area contributed by atoms with Crippen LogP contribution in [0.15, 0.2) is 44.1 Å². The molecule has 0 unspecified atom stereocenters. The summed E-state index contributed by atoms with van der Waals surface area (Å²) < 4.78 is 0.951. The van der Waals surface area contributed by atoms with Gasteiger partial charge in [0.2, 0.25) is 0 Å². The van der Waals surface area contributed by atoms with E-state index in [1.807, 2.05) is 18.4 Å². The van der Waals surface area contributed by atoms with Crippen molar-refractivity contribution in [1.29, 1.82) is 0 Å². The van der Waals surface area contributed by atoms with Crippen molar-refractivity contribution in [3.63, 3.8) is 0 Å². The molecule has 0 fully saturated rings. The lowest BCUT2D eigenvalue weighted by Gasteiger charge is -2.02. The number of nitrogens with zero attached hydrogens (tertiary/aromatic N) is 3. The highest BCUT2D eigenvalue weighted by molar-refractivity contribution is 9.10. The van der Waals surface area contributed by atoms with Crippen molar-refractivity contribution in [3.05, 3.63) is 34.0 Å². The highest BCUT2D eigenvalue weighted by Crippen LogP contribution is 2.27. The summed E-state index contributed by atoms with van der Waals surface area (Å²) in [4.78, 5) is 12.7. The van der Waals surface area contributed by atoms with E-state index < -0.39 is 0 Å². The van der Waals surface area contributed by atoms with Crippen LogP contribution in [0.4, 0.5) is 0 Å². The van der Waals surface area contributed by atoms with E-state index in [0.717, 1.165) is 14.5 Å². The van der Waals surface area contributed by atoms with Gasteiger partial charge in [-0.2, -0.15) is 0 Å². The Hall–Kier alpha value is -0.300. The molecular formula is C10H7BrClN3S2. The Morgan fingerprint density at radius 3 is 2.71 bits per heavy atom. The van der Waals surface area contributed by atoms with E-state index in [9.17, 15) is 0 Å². The van der Waals surface area contributed by atoms with Gasteiger partial charge >= 0.3 is 0 Å². The summed E-state index contributed by atoms with van der Waals surface area (Å²) in [5.74, 6) is 0. The van der Waals surface area contributed by atoms with Crippen molar-refractivity contribution in [3.8, 4) is 0 Å². The van der Waals surface area contributed by atoms with Crippen LogP contribution in [0, 0.1) is 0 Å². The number of hydrogen-bond acceptors (Lipinski definition) is 5. The molecule has 0 saturated heterocycles. The van der Waals surface area contributed by atoms with Crippen LogP contribution < -0.4 is 0 Å². The number of pyridine rings is 1. The second-order valence-electron chi connectivity index (χ2n) is 2.93. The molecule has 0 aliphatic carbocycles. The summed E-state index contributed by atoms with van der Waals surface area (Å²) in [6.45, 7) is 0. The smallest absolute Gasteiger partial charge is 0.189 e. The fourth-order valence-electron chi connectivity index (χ4n) is 1.05. The Bertz CT molecular complexity index is 521. The van der Waals surface area contributed by atoms with E-state index in [1.165, 1.54) is 23.5 Å². The Labute approximate surface area is 121 Å². The third kappa shape index (κ3) is 3.84. The van der Waals surface area contributed by atoms with Crippen molar-refractivity contribution in [2.24, 2.45) is 0 Å². The number of thioether (sulfide) groups is 1. The second-order valence-corrected chi connectivity index (χ2v) is 6.05. The van der Waals surface area contributed by atoms with Gasteiger partial charge in [-0.1, -0.05) is 23.4 Å². The minimum absolute atomic E-state index is 0.448. The van der Waals surface area contributed by atoms with Gasteiger partial charge in [-0.15, -0.1) is 0 Å². The van der Waals surface area contributed by atoms with E-state index in [4.69, 9.17) is 11.6 Å². The summed E-state index contributed by atoms with van der Waals surface area (Å²) >= 11 is 12.2. The van der Waals surface area contributed by atoms with Gasteiger partial charge in [-0.3, -0.25) is 0 Å². The lowest BCUT2D eigenvalue weighted by atomic mass is 10.5. The van der Waals surface area contributed by atoms with Crippen LogP contribution in [0.5, 0.6) is 0 Å². The lowest BCUT2D eigenvalue weighted by Crippen LogP contribution is -1.89. The molecule has 3 nitrogen and oxygen atoms in total. The topological polar surface area (TPSA) is 38.7 Å². The Kier molecular flexibility index (Phi) is 4.67. The molecule has 2 aromatic rings. The van der Waals surface area contributed by atoms with E-state index >= 15 is 0 Å². The molecule has 0 saturated carbocycles. The van der Waals surface area contributed by atoms with Crippen molar-refractivity contribution in [2.45, 2.75) is 15.2 Å². The summed E-state index contributed by atoms with van der Waals surface area (Å²) in [5, 5.41) is 2.78. The second kappa shape index (κ2) is 6.04. The maximum absolute atomic E-state index is 5.91. The molecule has 0 amide bonds. The van der Waals surface area contributed by atoms with E-state index in [2.05, 4.69) is 30.9 Å². The first-order valence-electron chi connectivity index (χ1n) is 4.55. The minimum atomic E-state index is 0.448. The van der Waals surface area contributed by atoms with Gasteiger partial charge in [0.15, 0.2) is 5.16 Å². The zero-order chi connectivity index (χ0) is 12.3. The number of aromatic nitrogens is 3. The third-order valence-electron chi connectivity index (χ3n) is 1.74. The minimum Gasteiger partial charge on any atom is -0.248 e. The molecule has 0 aliphatic rings. The molecule has 17 heavy (non-hydrogen) atoms. The van der Waals surface area contributed by atoms with Gasteiger partial charge in [-0.05, 0) is 46.1 Å². The summed E-state index contributed by atoms with van der Waals surface area (Å²) in [6.07, 6.45) is 3.67. The zero-order valence-electron chi connectivity index (χ0n) is 8.72. The fourth-order valence-corrected chi connectivity index (χ4v) is 2.78. The monoisotopic (exact) mass is 347 g/mol. The van der Waals surface area contributed by atoms with Crippen molar-refractivity contribution in [2.75, 3.05) is 6.26 Å². The van der Waals surface area contributed by atoms with Crippen LogP contribution >= 0.6 is 51.1 Å². The van der Waals surface area contributed by atoms with E-state index in [0.29, 0.717) is 10.3 Å². The molecule has 2 rings (SSSR count). The molecule has 0 atom stereocenters. The fraction of sp³-hybridized carbons (Fsp3) is 0.100. The maximum atomic E-state index is 5.91. The number of hydrogen-bond donors (Lipinski definition) is 0. The maximum Gasteiger partial charge on any atom is 0.189 e. The Balaban J connectivity index is 2.23. The van der Waals surface area contributed by atoms with E-state index in [1.54, 1.807) is 12.3 Å². The highest BCUT2D eigenvalue weighted by Gasteiger charge is 2.05. The molecule has 0 spiro atoms. The summed E-state index contributed by atoms with van der Waals surface area (Å²) in [5.41, 5.74) is 0. The lowest BCUT2D eigenvalue weighted by molar-refractivity contribution is 0.892. The van der Waals surface area contributed by atoms with Gasteiger partial charge in [0, 0.05) is 16.7 Å².